The largest absolute Gasteiger partial charge is 0.502 e. The van der Waals surface area contributed by atoms with E-state index in [9.17, 15) is 5.11 Å². The van der Waals surface area contributed by atoms with Gasteiger partial charge in [-0.3, -0.25) is 9.97 Å². The molecular weight excluding hydrogens is 356 g/mol. The quantitative estimate of drug-likeness (QED) is 0.464. The summed E-state index contributed by atoms with van der Waals surface area (Å²) in [4.78, 5) is 17.3. The molecule has 0 saturated carbocycles. The number of rotatable bonds is 3. The van der Waals surface area contributed by atoms with Gasteiger partial charge in [-0.2, -0.15) is 0 Å². The number of phenolic OH excluding ortho intramolecular Hbond substituents is 1. The lowest BCUT2D eigenvalue weighted by Crippen LogP contribution is -1.91. The first-order valence-corrected chi connectivity index (χ1v) is 8.67. The first kappa shape index (κ1) is 16.3. The maximum atomic E-state index is 10.2. The Morgan fingerprint density at radius 1 is 0.857 bits per heavy atom. The molecule has 0 aliphatic carbocycles. The molecule has 3 aromatic heterocycles. The minimum Gasteiger partial charge on any atom is -0.502 e. The molecule has 0 unspecified atom stereocenters. The van der Waals surface area contributed by atoms with Gasteiger partial charge in [0.2, 0.25) is 5.75 Å². The molecule has 5 rings (SSSR count). The number of phenols is 1. The number of methoxy groups -OCH3 is 2. The fourth-order valence-corrected chi connectivity index (χ4v) is 3.51. The molecule has 3 heterocycles. The van der Waals surface area contributed by atoms with E-state index in [0.29, 0.717) is 17.3 Å². The maximum absolute atomic E-state index is 10.2. The molecule has 138 valence electrons. The summed E-state index contributed by atoms with van der Waals surface area (Å²) < 4.78 is 10.5. The van der Waals surface area contributed by atoms with Crippen molar-refractivity contribution in [3.8, 4) is 28.6 Å². The molecule has 5 aromatic rings. The normalized spacial score (nSPS) is 11.4. The van der Waals surface area contributed by atoms with Crippen molar-refractivity contribution in [3.63, 3.8) is 0 Å². The molecule has 7 heteroatoms. The Bertz CT molecular complexity index is 1260. The number of nitrogens with zero attached hydrogens (tertiary/aromatic N) is 3. The number of fused-ring (bicyclic) bond motifs is 6. The predicted octanol–water partition coefficient (Wildman–Crippen LogP) is 4.05. The van der Waals surface area contributed by atoms with Crippen molar-refractivity contribution in [2.24, 2.45) is 0 Å². The number of benzene rings is 2. The summed E-state index contributed by atoms with van der Waals surface area (Å²) in [6.45, 7) is 0. The van der Waals surface area contributed by atoms with E-state index in [4.69, 9.17) is 14.5 Å². The molecule has 0 aliphatic heterocycles. The van der Waals surface area contributed by atoms with E-state index >= 15 is 0 Å². The van der Waals surface area contributed by atoms with E-state index in [0.717, 1.165) is 38.4 Å². The molecule has 0 amide bonds. The summed E-state index contributed by atoms with van der Waals surface area (Å²) in [5.74, 6) is 1.21. The van der Waals surface area contributed by atoms with Crippen LogP contribution in [-0.4, -0.2) is 39.3 Å². The van der Waals surface area contributed by atoms with E-state index in [1.54, 1.807) is 24.5 Å². The zero-order chi connectivity index (χ0) is 19.3. The minimum atomic E-state index is -0.0471. The lowest BCUT2D eigenvalue weighted by Gasteiger charge is -2.10. The van der Waals surface area contributed by atoms with Gasteiger partial charge in [0, 0.05) is 28.7 Å². The zero-order valence-electron chi connectivity index (χ0n) is 15.2. The number of aromatic hydroxyl groups is 1. The summed E-state index contributed by atoms with van der Waals surface area (Å²) in [5.41, 5.74) is 4.05. The molecule has 0 bridgehead atoms. The SMILES string of the molecule is COc1cc(-c2nc3c4cccnc4c4ncccc4c3[nH]2)cc(OC)c1O. The first-order chi connectivity index (χ1) is 13.7. The molecule has 0 fully saturated rings. The van der Waals surface area contributed by atoms with Crippen LogP contribution in [0.3, 0.4) is 0 Å². The van der Waals surface area contributed by atoms with E-state index in [-0.39, 0.29) is 5.75 Å². The number of H-pyrrole nitrogens is 1. The first-order valence-electron chi connectivity index (χ1n) is 8.67. The van der Waals surface area contributed by atoms with Crippen LogP contribution in [0.5, 0.6) is 17.2 Å². The van der Waals surface area contributed by atoms with Crippen LogP contribution in [0.1, 0.15) is 0 Å². The van der Waals surface area contributed by atoms with Gasteiger partial charge >= 0.3 is 0 Å². The maximum Gasteiger partial charge on any atom is 0.200 e. The van der Waals surface area contributed by atoms with Crippen LogP contribution >= 0.6 is 0 Å². The van der Waals surface area contributed by atoms with Gasteiger partial charge in [-0.1, -0.05) is 0 Å². The van der Waals surface area contributed by atoms with Crippen molar-refractivity contribution < 1.29 is 14.6 Å². The fourth-order valence-electron chi connectivity index (χ4n) is 3.51. The number of nitrogens with one attached hydrogen (secondary N) is 1. The van der Waals surface area contributed by atoms with Gasteiger partial charge in [-0.15, -0.1) is 0 Å². The molecule has 0 aliphatic rings. The molecular formula is C21H16N4O3. The number of pyridine rings is 2. The molecule has 0 saturated heterocycles. The number of hydrogen-bond acceptors (Lipinski definition) is 6. The predicted molar refractivity (Wildman–Crippen MR) is 107 cm³/mol. The lowest BCUT2D eigenvalue weighted by atomic mass is 10.1. The number of aromatic nitrogens is 4. The van der Waals surface area contributed by atoms with Crippen molar-refractivity contribution in [2.45, 2.75) is 0 Å². The van der Waals surface area contributed by atoms with Crippen molar-refractivity contribution >= 4 is 32.8 Å². The summed E-state index contributed by atoms with van der Waals surface area (Å²) >= 11 is 0. The van der Waals surface area contributed by atoms with Crippen molar-refractivity contribution in [3.05, 3.63) is 48.8 Å². The second-order valence-electron chi connectivity index (χ2n) is 6.34. The van der Waals surface area contributed by atoms with Crippen LogP contribution in [0.2, 0.25) is 0 Å². The summed E-state index contributed by atoms with van der Waals surface area (Å²) in [6.07, 6.45) is 3.51. The highest BCUT2D eigenvalue weighted by atomic mass is 16.5. The van der Waals surface area contributed by atoms with Gasteiger partial charge in [0.1, 0.15) is 5.82 Å². The summed E-state index contributed by atoms with van der Waals surface area (Å²) in [7, 11) is 2.99. The Balaban J connectivity index is 1.87. The van der Waals surface area contributed by atoms with Gasteiger partial charge in [-0.05, 0) is 36.4 Å². The van der Waals surface area contributed by atoms with Gasteiger partial charge in [-0.25, -0.2) is 4.98 Å². The Labute approximate surface area is 159 Å². The summed E-state index contributed by atoms with van der Waals surface area (Å²) in [6, 6.07) is 11.2. The van der Waals surface area contributed by atoms with E-state index in [2.05, 4.69) is 15.0 Å². The minimum absolute atomic E-state index is 0.0471. The molecule has 7 nitrogen and oxygen atoms in total. The highest BCUT2D eigenvalue weighted by molar-refractivity contribution is 6.21. The number of imidazole rings is 1. The monoisotopic (exact) mass is 372 g/mol. The second-order valence-corrected chi connectivity index (χ2v) is 6.34. The molecule has 28 heavy (non-hydrogen) atoms. The molecule has 0 radical (unpaired) electrons. The molecule has 0 spiro atoms. The van der Waals surface area contributed by atoms with Crippen LogP contribution in [-0.2, 0) is 0 Å². The number of aromatic amines is 1. The average Bonchev–Trinajstić information content (AvgIpc) is 3.20. The Morgan fingerprint density at radius 2 is 1.46 bits per heavy atom. The van der Waals surface area contributed by atoms with Gasteiger partial charge in [0.25, 0.3) is 0 Å². The average molecular weight is 372 g/mol. The van der Waals surface area contributed by atoms with Crippen molar-refractivity contribution in [1.29, 1.82) is 0 Å². The highest BCUT2D eigenvalue weighted by Gasteiger charge is 2.18. The van der Waals surface area contributed by atoms with E-state index in [1.165, 1.54) is 14.2 Å². The van der Waals surface area contributed by atoms with E-state index in [1.807, 2.05) is 24.3 Å². The lowest BCUT2D eigenvalue weighted by molar-refractivity contribution is 0.340. The smallest absolute Gasteiger partial charge is 0.200 e. The van der Waals surface area contributed by atoms with Gasteiger partial charge in [0.15, 0.2) is 11.5 Å². The van der Waals surface area contributed by atoms with E-state index < -0.39 is 0 Å². The van der Waals surface area contributed by atoms with Crippen LogP contribution in [0.4, 0.5) is 0 Å². The van der Waals surface area contributed by atoms with Gasteiger partial charge < -0.3 is 19.6 Å². The number of ether oxygens (including phenoxy) is 2. The molecule has 2 N–H and O–H groups in total. The van der Waals surface area contributed by atoms with Crippen LogP contribution in [0, 0.1) is 0 Å². The molecule has 0 atom stereocenters. The van der Waals surface area contributed by atoms with Crippen LogP contribution in [0.15, 0.2) is 48.8 Å². The van der Waals surface area contributed by atoms with Gasteiger partial charge in [0.05, 0.1) is 36.3 Å². The Morgan fingerprint density at radius 3 is 2.11 bits per heavy atom. The second kappa shape index (κ2) is 6.09. The Kier molecular flexibility index (Phi) is 3.55. The standard InChI is InChI=1S/C21H16N4O3/c1-27-14-9-11(10-15(28-2)20(14)26)21-24-18-12-5-3-7-22-16(12)17-13(19(18)25-21)6-4-8-23-17/h3-10,26H,1-2H3,(H,24,25). The summed E-state index contributed by atoms with van der Waals surface area (Å²) in [5, 5.41) is 12.1. The zero-order valence-corrected chi connectivity index (χ0v) is 15.2. The fraction of sp³-hybridized carbons (Fsp3) is 0.0952. The third-order valence-electron chi connectivity index (χ3n) is 4.82. The topological polar surface area (TPSA) is 93.2 Å². The molecule has 2 aromatic carbocycles. The van der Waals surface area contributed by atoms with Crippen molar-refractivity contribution in [2.75, 3.05) is 14.2 Å². The van der Waals surface area contributed by atoms with Crippen LogP contribution in [0.25, 0.3) is 44.2 Å². The van der Waals surface area contributed by atoms with Crippen LogP contribution < -0.4 is 9.47 Å². The third-order valence-corrected chi connectivity index (χ3v) is 4.82. The number of hydrogen-bond donors (Lipinski definition) is 2. The third kappa shape index (κ3) is 2.26. The highest BCUT2D eigenvalue weighted by Crippen LogP contribution is 2.41. The Hall–Kier alpha value is -3.87. The van der Waals surface area contributed by atoms with Crippen molar-refractivity contribution in [1.82, 2.24) is 19.9 Å².